The van der Waals surface area contributed by atoms with Gasteiger partial charge in [0.15, 0.2) is 5.13 Å². The predicted octanol–water partition coefficient (Wildman–Crippen LogP) is 4.69. The molecule has 1 aromatic carbocycles. The molecule has 6 nitrogen and oxygen atoms in total. The van der Waals surface area contributed by atoms with E-state index in [9.17, 15) is 14.9 Å². The molecule has 0 spiro atoms. The average Bonchev–Trinajstić information content (AvgIpc) is 3.16. The molecule has 2 aromatic heterocycles. The maximum absolute atomic E-state index is 12.1. The predicted molar refractivity (Wildman–Crippen MR) is 91.5 cm³/mol. The van der Waals surface area contributed by atoms with Crippen LogP contribution < -0.4 is 5.32 Å². The van der Waals surface area contributed by atoms with Crippen molar-refractivity contribution in [2.75, 3.05) is 5.32 Å². The number of hydrogen-bond acceptors (Lipinski definition) is 6. The largest absolute Gasteiger partial charge is 0.298 e. The van der Waals surface area contributed by atoms with Gasteiger partial charge in [-0.2, -0.15) is 0 Å². The topological polar surface area (TPSA) is 85.1 Å². The fraction of sp³-hybridized carbons (Fsp3) is 0. The van der Waals surface area contributed by atoms with Gasteiger partial charge in [-0.3, -0.25) is 20.2 Å². The number of benzene rings is 1. The van der Waals surface area contributed by atoms with Crippen molar-refractivity contribution in [3.05, 3.63) is 61.8 Å². The van der Waals surface area contributed by atoms with E-state index in [0.29, 0.717) is 15.0 Å². The van der Waals surface area contributed by atoms with Crippen LogP contribution in [0.5, 0.6) is 0 Å². The Kier molecular flexibility index (Phi) is 4.37. The minimum atomic E-state index is -0.513. The number of aromatic nitrogens is 1. The summed E-state index contributed by atoms with van der Waals surface area (Å²) < 4.78 is 0.671. The summed E-state index contributed by atoms with van der Waals surface area (Å²) in [5, 5.41) is 15.6. The van der Waals surface area contributed by atoms with Crippen LogP contribution in [0.2, 0.25) is 4.34 Å². The van der Waals surface area contributed by atoms with Crippen LogP contribution in [0.25, 0.3) is 10.6 Å². The molecular weight excluding hydrogens is 358 g/mol. The number of nitrogens with one attached hydrogen (secondary N) is 1. The molecule has 1 N–H and O–H groups in total. The van der Waals surface area contributed by atoms with Crippen molar-refractivity contribution >= 4 is 51.0 Å². The lowest BCUT2D eigenvalue weighted by molar-refractivity contribution is -0.384. The quantitative estimate of drug-likeness (QED) is 0.537. The van der Waals surface area contributed by atoms with Gasteiger partial charge in [0, 0.05) is 23.1 Å². The highest BCUT2D eigenvalue weighted by molar-refractivity contribution is 7.20. The summed E-state index contributed by atoms with van der Waals surface area (Å²) in [6.07, 6.45) is 0. The monoisotopic (exact) mass is 365 g/mol. The zero-order chi connectivity index (χ0) is 16.4. The maximum Gasteiger partial charge on any atom is 0.269 e. The number of hydrogen-bond donors (Lipinski definition) is 1. The van der Waals surface area contributed by atoms with Crippen molar-refractivity contribution in [3.8, 4) is 10.6 Å². The van der Waals surface area contributed by atoms with E-state index in [4.69, 9.17) is 11.6 Å². The molecule has 3 rings (SSSR count). The first kappa shape index (κ1) is 15.6. The van der Waals surface area contributed by atoms with E-state index in [1.807, 2.05) is 11.4 Å². The normalized spacial score (nSPS) is 10.5. The molecule has 0 aliphatic rings. The molecule has 0 saturated carbocycles. The molecule has 0 atom stereocenters. The zero-order valence-electron chi connectivity index (χ0n) is 11.4. The van der Waals surface area contributed by atoms with Gasteiger partial charge in [-0.1, -0.05) is 11.6 Å². The molecule has 0 aliphatic heterocycles. The smallest absolute Gasteiger partial charge is 0.269 e. The van der Waals surface area contributed by atoms with Gasteiger partial charge < -0.3 is 0 Å². The van der Waals surface area contributed by atoms with Crippen molar-refractivity contribution < 1.29 is 9.72 Å². The fourth-order valence-corrected chi connectivity index (χ4v) is 3.58. The van der Waals surface area contributed by atoms with Gasteiger partial charge in [0.2, 0.25) is 0 Å². The van der Waals surface area contributed by atoms with Crippen LogP contribution in [-0.4, -0.2) is 15.8 Å². The number of non-ortho nitro benzene ring substituents is 1. The molecule has 1 amide bonds. The SMILES string of the molecule is O=C(Nc1nc(-c2ccc(Cl)s2)cs1)c1ccc([N+](=O)[O-])cc1. The summed E-state index contributed by atoms with van der Waals surface area (Å²) in [5.41, 5.74) is 1.00. The Hall–Kier alpha value is -2.29. The van der Waals surface area contributed by atoms with E-state index in [2.05, 4.69) is 10.3 Å². The van der Waals surface area contributed by atoms with Gasteiger partial charge in [0.25, 0.3) is 11.6 Å². The second-order valence-corrected chi connectivity index (χ2v) is 6.97. The van der Waals surface area contributed by atoms with Gasteiger partial charge in [0.05, 0.1) is 19.8 Å². The Balaban J connectivity index is 1.73. The summed E-state index contributed by atoms with van der Waals surface area (Å²) in [6.45, 7) is 0. The number of nitro groups is 1. The Morgan fingerprint density at radius 1 is 1.22 bits per heavy atom. The lowest BCUT2D eigenvalue weighted by Gasteiger charge is -2.01. The third kappa shape index (κ3) is 3.55. The Bertz CT molecular complexity index is 874. The first-order chi connectivity index (χ1) is 11.0. The summed E-state index contributed by atoms with van der Waals surface area (Å²) in [6, 6.07) is 9.04. The number of carbonyl (C=O) groups excluding carboxylic acids is 1. The molecule has 0 fully saturated rings. The van der Waals surface area contributed by atoms with Crippen molar-refractivity contribution in [2.45, 2.75) is 0 Å². The van der Waals surface area contributed by atoms with E-state index in [1.165, 1.54) is 46.9 Å². The molecule has 116 valence electrons. The van der Waals surface area contributed by atoms with Crippen molar-refractivity contribution in [1.82, 2.24) is 4.98 Å². The van der Waals surface area contributed by atoms with Crippen LogP contribution in [0, 0.1) is 10.1 Å². The van der Waals surface area contributed by atoms with Crippen molar-refractivity contribution in [3.63, 3.8) is 0 Å². The minimum absolute atomic E-state index is 0.0624. The van der Waals surface area contributed by atoms with Crippen molar-refractivity contribution in [2.24, 2.45) is 0 Å². The Labute approximate surface area is 143 Å². The molecule has 0 bridgehead atoms. The highest BCUT2D eigenvalue weighted by atomic mass is 35.5. The van der Waals surface area contributed by atoms with E-state index >= 15 is 0 Å². The highest BCUT2D eigenvalue weighted by Gasteiger charge is 2.12. The third-order valence-electron chi connectivity index (χ3n) is 2.89. The molecule has 3 aromatic rings. The number of carbonyl (C=O) groups is 1. The number of anilines is 1. The van der Waals surface area contributed by atoms with Crippen LogP contribution in [-0.2, 0) is 0 Å². The molecule has 0 radical (unpaired) electrons. The first-order valence-electron chi connectivity index (χ1n) is 6.30. The number of halogens is 1. The van der Waals surface area contributed by atoms with Gasteiger partial charge in [-0.25, -0.2) is 4.98 Å². The van der Waals surface area contributed by atoms with E-state index in [0.717, 1.165) is 10.6 Å². The Morgan fingerprint density at radius 2 is 1.96 bits per heavy atom. The lowest BCUT2D eigenvalue weighted by atomic mass is 10.2. The molecule has 0 saturated heterocycles. The second-order valence-electron chi connectivity index (χ2n) is 4.40. The first-order valence-corrected chi connectivity index (χ1v) is 8.37. The van der Waals surface area contributed by atoms with Gasteiger partial charge in [-0.05, 0) is 24.3 Å². The maximum atomic E-state index is 12.1. The van der Waals surface area contributed by atoms with E-state index in [-0.39, 0.29) is 11.6 Å². The number of nitrogens with zero attached hydrogens (tertiary/aromatic N) is 2. The van der Waals surface area contributed by atoms with E-state index in [1.54, 1.807) is 6.07 Å². The molecule has 2 heterocycles. The van der Waals surface area contributed by atoms with Gasteiger partial charge in [-0.15, -0.1) is 22.7 Å². The summed E-state index contributed by atoms with van der Waals surface area (Å²) >= 11 is 8.60. The number of thiazole rings is 1. The lowest BCUT2D eigenvalue weighted by Crippen LogP contribution is -2.11. The average molecular weight is 366 g/mol. The number of amides is 1. The molecule has 9 heteroatoms. The van der Waals surface area contributed by atoms with Gasteiger partial charge in [0.1, 0.15) is 0 Å². The standard InChI is InChI=1S/C14H8ClN3O3S2/c15-12-6-5-11(23-12)10-7-22-14(16-10)17-13(19)8-1-3-9(4-2-8)18(20)21/h1-7H,(H,16,17,19). The fourth-order valence-electron chi connectivity index (χ4n) is 1.80. The number of rotatable bonds is 4. The summed E-state index contributed by atoms with van der Waals surface area (Å²) in [7, 11) is 0. The summed E-state index contributed by atoms with van der Waals surface area (Å²) in [4.78, 5) is 27.5. The molecule has 0 aliphatic carbocycles. The number of nitro benzene ring substituents is 1. The Morgan fingerprint density at radius 3 is 2.57 bits per heavy atom. The second kappa shape index (κ2) is 6.45. The van der Waals surface area contributed by atoms with E-state index < -0.39 is 4.92 Å². The van der Waals surface area contributed by atoms with Crippen LogP contribution in [0.4, 0.5) is 10.8 Å². The summed E-state index contributed by atoms with van der Waals surface area (Å²) in [5.74, 6) is -0.370. The van der Waals surface area contributed by atoms with Crippen LogP contribution in [0.3, 0.4) is 0 Å². The third-order valence-corrected chi connectivity index (χ3v) is 4.90. The number of thiophene rings is 1. The molecule has 0 unspecified atom stereocenters. The minimum Gasteiger partial charge on any atom is -0.298 e. The van der Waals surface area contributed by atoms with Crippen LogP contribution in [0.15, 0.2) is 41.8 Å². The highest BCUT2D eigenvalue weighted by Crippen LogP contribution is 2.32. The zero-order valence-corrected chi connectivity index (χ0v) is 13.7. The molecular formula is C14H8ClN3O3S2. The van der Waals surface area contributed by atoms with Crippen LogP contribution in [0.1, 0.15) is 10.4 Å². The molecule has 23 heavy (non-hydrogen) atoms. The van der Waals surface area contributed by atoms with Crippen molar-refractivity contribution in [1.29, 1.82) is 0 Å². The van der Waals surface area contributed by atoms with Gasteiger partial charge >= 0.3 is 0 Å². The van der Waals surface area contributed by atoms with Crippen LogP contribution >= 0.6 is 34.3 Å².